The van der Waals surface area contributed by atoms with Gasteiger partial charge in [-0.2, -0.15) is 0 Å². The lowest BCUT2D eigenvalue weighted by molar-refractivity contribution is 0.0940. The fourth-order valence-electron chi connectivity index (χ4n) is 2.15. The summed E-state index contributed by atoms with van der Waals surface area (Å²) >= 11 is 4.99. The van der Waals surface area contributed by atoms with Gasteiger partial charge in [0.15, 0.2) is 0 Å². The van der Waals surface area contributed by atoms with E-state index in [2.05, 4.69) is 26.2 Å². The van der Waals surface area contributed by atoms with Crippen molar-refractivity contribution in [1.82, 2.24) is 10.3 Å². The van der Waals surface area contributed by atoms with E-state index in [9.17, 15) is 4.79 Å². The first-order chi connectivity index (χ1) is 10.1. The van der Waals surface area contributed by atoms with E-state index >= 15 is 0 Å². The van der Waals surface area contributed by atoms with Gasteiger partial charge in [-0.25, -0.2) is 4.98 Å². The Kier molecular flexibility index (Phi) is 4.03. The highest BCUT2D eigenvalue weighted by Crippen LogP contribution is 2.21. The molecule has 1 N–H and O–H groups in total. The molecular weight excluding hydrogens is 348 g/mol. The summed E-state index contributed by atoms with van der Waals surface area (Å²) in [5.74, 6) is -0.0810. The number of carbonyl (C=O) groups is 1. The molecule has 0 radical (unpaired) electrons. The van der Waals surface area contributed by atoms with Crippen LogP contribution in [0.25, 0.3) is 10.8 Å². The van der Waals surface area contributed by atoms with E-state index in [1.807, 2.05) is 48.7 Å². The molecule has 21 heavy (non-hydrogen) atoms. The van der Waals surface area contributed by atoms with Gasteiger partial charge < -0.3 is 5.32 Å². The number of fused-ring (bicyclic) bond motifs is 1. The van der Waals surface area contributed by atoms with Gasteiger partial charge in [0, 0.05) is 21.6 Å². The molecule has 3 nitrogen and oxygen atoms in total. The van der Waals surface area contributed by atoms with Crippen LogP contribution in [0, 0.1) is 0 Å². The van der Waals surface area contributed by atoms with Gasteiger partial charge in [0.1, 0.15) is 5.01 Å². The van der Waals surface area contributed by atoms with Gasteiger partial charge in [0.25, 0.3) is 5.91 Å². The number of hydrogen-bond acceptors (Lipinski definition) is 3. The van der Waals surface area contributed by atoms with Crippen LogP contribution in [0.2, 0.25) is 0 Å². The minimum atomic E-state index is -0.0851. The lowest BCUT2D eigenvalue weighted by Gasteiger charge is -2.11. The van der Waals surface area contributed by atoms with Crippen LogP contribution in [-0.4, -0.2) is 10.9 Å². The Morgan fingerprint density at radius 2 is 2.00 bits per heavy atom. The molecule has 1 aromatic heterocycles. The molecule has 0 spiro atoms. The van der Waals surface area contributed by atoms with Crippen molar-refractivity contribution < 1.29 is 4.79 Å². The molecule has 0 fully saturated rings. The number of hydrogen-bond donors (Lipinski definition) is 1. The molecule has 0 bridgehead atoms. The van der Waals surface area contributed by atoms with E-state index < -0.39 is 0 Å². The SMILES string of the molecule is CC(NC(=O)c1ccc2cc(Br)ccc2c1)c1nccs1. The first-order valence-corrected chi connectivity index (χ1v) is 8.20. The number of nitrogens with one attached hydrogen (secondary N) is 1. The highest BCUT2D eigenvalue weighted by molar-refractivity contribution is 9.10. The lowest BCUT2D eigenvalue weighted by atomic mass is 10.1. The molecular formula is C16H13BrN2OS. The molecule has 0 aliphatic rings. The molecule has 3 rings (SSSR count). The van der Waals surface area contributed by atoms with Gasteiger partial charge in [-0.05, 0) is 42.0 Å². The van der Waals surface area contributed by atoms with Crippen LogP contribution in [-0.2, 0) is 0 Å². The van der Waals surface area contributed by atoms with Crippen LogP contribution in [0.5, 0.6) is 0 Å². The molecule has 1 amide bonds. The summed E-state index contributed by atoms with van der Waals surface area (Å²) in [6, 6.07) is 11.6. The topological polar surface area (TPSA) is 42.0 Å². The zero-order chi connectivity index (χ0) is 14.8. The van der Waals surface area contributed by atoms with Crippen LogP contribution in [0.15, 0.2) is 52.4 Å². The summed E-state index contributed by atoms with van der Waals surface area (Å²) in [5, 5.41) is 7.95. The second kappa shape index (κ2) is 5.95. The van der Waals surface area contributed by atoms with E-state index in [1.165, 1.54) is 0 Å². The van der Waals surface area contributed by atoms with E-state index in [-0.39, 0.29) is 11.9 Å². The summed E-state index contributed by atoms with van der Waals surface area (Å²) in [4.78, 5) is 16.5. The van der Waals surface area contributed by atoms with Crippen LogP contribution in [0.3, 0.4) is 0 Å². The molecule has 1 unspecified atom stereocenters. The average Bonchev–Trinajstić information content (AvgIpc) is 3.01. The van der Waals surface area contributed by atoms with E-state index in [0.717, 1.165) is 20.3 Å². The zero-order valence-electron chi connectivity index (χ0n) is 11.3. The average molecular weight is 361 g/mol. The Balaban J connectivity index is 1.83. The largest absolute Gasteiger partial charge is 0.343 e. The van der Waals surface area contributed by atoms with Gasteiger partial charge in [0.05, 0.1) is 6.04 Å². The third-order valence-electron chi connectivity index (χ3n) is 3.23. The van der Waals surface area contributed by atoms with Crippen molar-refractivity contribution in [2.45, 2.75) is 13.0 Å². The third-order valence-corrected chi connectivity index (χ3v) is 4.69. The van der Waals surface area contributed by atoms with Crippen molar-refractivity contribution >= 4 is 43.9 Å². The number of amides is 1. The van der Waals surface area contributed by atoms with Gasteiger partial charge in [-0.15, -0.1) is 11.3 Å². The highest BCUT2D eigenvalue weighted by Gasteiger charge is 2.13. The van der Waals surface area contributed by atoms with Crippen molar-refractivity contribution in [2.75, 3.05) is 0 Å². The van der Waals surface area contributed by atoms with Crippen LogP contribution in [0.1, 0.15) is 28.3 Å². The van der Waals surface area contributed by atoms with Crippen molar-refractivity contribution in [3.63, 3.8) is 0 Å². The zero-order valence-corrected chi connectivity index (χ0v) is 13.7. The minimum Gasteiger partial charge on any atom is -0.343 e. The van der Waals surface area contributed by atoms with E-state index in [0.29, 0.717) is 5.56 Å². The molecule has 5 heteroatoms. The predicted molar refractivity (Wildman–Crippen MR) is 89.6 cm³/mol. The van der Waals surface area contributed by atoms with Crippen molar-refractivity contribution in [1.29, 1.82) is 0 Å². The molecule has 0 aliphatic carbocycles. The molecule has 1 heterocycles. The quantitative estimate of drug-likeness (QED) is 0.744. The first-order valence-electron chi connectivity index (χ1n) is 6.53. The van der Waals surface area contributed by atoms with Gasteiger partial charge >= 0.3 is 0 Å². The summed E-state index contributed by atoms with van der Waals surface area (Å²) in [5.41, 5.74) is 0.660. The second-order valence-corrected chi connectivity index (χ2v) is 6.61. The molecule has 2 aromatic carbocycles. The number of halogens is 1. The summed E-state index contributed by atoms with van der Waals surface area (Å²) in [6.07, 6.45) is 1.75. The van der Waals surface area contributed by atoms with Gasteiger partial charge in [-0.3, -0.25) is 4.79 Å². The van der Waals surface area contributed by atoms with Gasteiger partial charge in [-0.1, -0.05) is 28.1 Å². The molecule has 0 aliphatic heterocycles. The molecule has 0 saturated carbocycles. The Morgan fingerprint density at radius 1 is 1.24 bits per heavy atom. The fraction of sp³-hybridized carbons (Fsp3) is 0.125. The van der Waals surface area contributed by atoms with E-state index in [1.54, 1.807) is 17.5 Å². The number of benzene rings is 2. The Labute approximate surface area is 135 Å². The lowest BCUT2D eigenvalue weighted by Crippen LogP contribution is -2.26. The normalized spacial score (nSPS) is 12.3. The smallest absolute Gasteiger partial charge is 0.251 e. The standard InChI is InChI=1S/C16H13BrN2OS/c1-10(16-18-6-7-21-16)19-15(20)13-3-2-12-9-14(17)5-4-11(12)8-13/h2-10H,1H3,(H,19,20). The maximum absolute atomic E-state index is 12.3. The molecule has 106 valence electrons. The fourth-order valence-corrected chi connectivity index (χ4v) is 3.17. The summed E-state index contributed by atoms with van der Waals surface area (Å²) in [7, 11) is 0. The van der Waals surface area contributed by atoms with Crippen LogP contribution < -0.4 is 5.32 Å². The Morgan fingerprint density at radius 3 is 2.76 bits per heavy atom. The summed E-state index contributed by atoms with van der Waals surface area (Å²) in [6.45, 7) is 1.94. The molecule has 0 saturated heterocycles. The minimum absolute atomic E-state index is 0.0810. The van der Waals surface area contributed by atoms with Crippen LogP contribution in [0.4, 0.5) is 0 Å². The molecule has 3 aromatic rings. The number of rotatable bonds is 3. The number of carbonyl (C=O) groups excluding carboxylic acids is 1. The first kappa shape index (κ1) is 14.2. The molecule has 1 atom stereocenters. The number of aromatic nitrogens is 1. The number of nitrogens with zero attached hydrogens (tertiary/aromatic N) is 1. The monoisotopic (exact) mass is 360 g/mol. The summed E-state index contributed by atoms with van der Waals surface area (Å²) < 4.78 is 1.03. The van der Waals surface area contributed by atoms with E-state index in [4.69, 9.17) is 0 Å². The van der Waals surface area contributed by atoms with Crippen molar-refractivity contribution in [2.24, 2.45) is 0 Å². The van der Waals surface area contributed by atoms with Crippen LogP contribution >= 0.6 is 27.3 Å². The van der Waals surface area contributed by atoms with Gasteiger partial charge in [0.2, 0.25) is 0 Å². The number of thiazole rings is 1. The third kappa shape index (κ3) is 3.14. The second-order valence-electron chi connectivity index (χ2n) is 4.77. The maximum atomic E-state index is 12.3. The van der Waals surface area contributed by atoms with Crippen molar-refractivity contribution in [3.05, 3.63) is 63.0 Å². The maximum Gasteiger partial charge on any atom is 0.251 e. The van der Waals surface area contributed by atoms with Crippen molar-refractivity contribution in [3.8, 4) is 0 Å². The Bertz CT molecular complexity index is 786. The predicted octanol–water partition coefficient (Wildman–Crippen LogP) is 4.55. The Hall–Kier alpha value is -1.72. The highest BCUT2D eigenvalue weighted by atomic mass is 79.9.